The van der Waals surface area contributed by atoms with Crippen molar-refractivity contribution in [1.29, 1.82) is 0 Å². The predicted octanol–water partition coefficient (Wildman–Crippen LogP) is 3.36. The Hall–Kier alpha value is -0.900. The lowest BCUT2D eigenvalue weighted by atomic mass is 10.2. The van der Waals surface area contributed by atoms with E-state index in [4.69, 9.17) is 11.6 Å². The second-order valence-electron chi connectivity index (χ2n) is 2.26. The molecule has 1 nitrogen and oxygen atoms in total. The molecule has 0 heterocycles. The second kappa shape index (κ2) is 3.23. The van der Waals surface area contributed by atoms with E-state index in [-0.39, 0.29) is 5.02 Å². The first-order valence-electron chi connectivity index (χ1n) is 3.10. The summed E-state index contributed by atoms with van der Waals surface area (Å²) in [4.78, 5) is 0. The smallest absolute Gasteiger partial charge is 0.170 e. The Kier molecular flexibility index (Phi) is 2.47. The van der Waals surface area contributed by atoms with Gasteiger partial charge >= 0.3 is 0 Å². The highest BCUT2D eigenvalue weighted by molar-refractivity contribution is 6.31. The van der Waals surface area contributed by atoms with Gasteiger partial charge in [-0.05, 0) is 23.9 Å². The monoisotopic (exact) mass is 195 g/mol. The normalized spacial score (nSPS) is 10.1. The highest BCUT2D eigenvalue weighted by atomic mass is 35.5. The Bertz CT molecular complexity index is 301. The molecule has 0 radical (unpaired) electrons. The summed E-state index contributed by atoms with van der Waals surface area (Å²) < 4.78 is 36.6. The van der Waals surface area contributed by atoms with Crippen LogP contribution in [0.1, 0.15) is 5.56 Å². The number of halogens is 4. The third-order valence-corrected chi connectivity index (χ3v) is 1.90. The number of aryl methyl sites for hydroxylation is 1. The maximum Gasteiger partial charge on any atom is 0.170 e. The number of hydrogen-bond donors (Lipinski definition) is 0. The molecule has 0 saturated heterocycles. The average molecular weight is 196 g/mol. The van der Waals surface area contributed by atoms with Crippen molar-refractivity contribution in [3.05, 3.63) is 28.5 Å². The quantitative estimate of drug-likeness (QED) is 0.621. The summed E-state index contributed by atoms with van der Waals surface area (Å²) in [6.07, 6.45) is 0. The van der Waals surface area contributed by atoms with Crippen LogP contribution in [0.5, 0.6) is 0 Å². The largest absolute Gasteiger partial charge is 0.203 e. The van der Waals surface area contributed by atoms with Crippen LogP contribution in [0.2, 0.25) is 5.02 Å². The Balaban J connectivity index is 3.27. The highest BCUT2D eigenvalue weighted by Gasteiger charge is 2.14. The van der Waals surface area contributed by atoms with Crippen molar-refractivity contribution in [2.24, 2.45) is 0 Å². The minimum Gasteiger partial charge on any atom is -0.203 e. The van der Waals surface area contributed by atoms with E-state index in [1.165, 1.54) is 13.0 Å². The summed E-state index contributed by atoms with van der Waals surface area (Å²) in [6.45, 7) is 1.54. The van der Waals surface area contributed by atoms with Crippen LogP contribution >= 0.6 is 11.6 Å². The van der Waals surface area contributed by atoms with Crippen LogP contribution in [0, 0.1) is 12.7 Å². The molecule has 66 valence electrons. The van der Waals surface area contributed by atoms with E-state index in [1.807, 2.05) is 0 Å². The van der Waals surface area contributed by atoms with Crippen LogP contribution in [0.25, 0.3) is 0 Å². The van der Waals surface area contributed by atoms with Gasteiger partial charge in [-0.1, -0.05) is 26.6 Å². The SMILES string of the molecule is Cc1ccc(N(F)F)c(F)c1Cl. The van der Waals surface area contributed by atoms with Gasteiger partial charge < -0.3 is 0 Å². The maximum atomic E-state index is 12.9. The number of hydrogen-bond acceptors (Lipinski definition) is 1. The third-order valence-electron chi connectivity index (χ3n) is 1.44. The summed E-state index contributed by atoms with van der Waals surface area (Å²) in [6, 6.07) is 2.30. The molecule has 0 aliphatic rings. The predicted molar refractivity (Wildman–Crippen MR) is 40.8 cm³/mol. The van der Waals surface area contributed by atoms with Crippen LogP contribution in [0.3, 0.4) is 0 Å². The van der Waals surface area contributed by atoms with Gasteiger partial charge in [0.1, 0.15) is 5.69 Å². The fourth-order valence-electron chi connectivity index (χ4n) is 0.766. The van der Waals surface area contributed by atoms with E-state index in [0.717, 1.165) is 6.07 Å². The van der Waals surface area contributed by atoms with E-state index in [2.05, 4.69) is 0 Å². The van der Waals surface area contributed by atoms with E-state index in [1.54, 1.807) is 0 Å². The molecule has 0 spiro atoms. The first kappa shape index (κ1) is 9.19. The van der Waals surface area contributed by atoms with Gasteiger partial charge in [-0.15, -0.1) is 0 Å². The number of anilines is 1. The molecule has 1 aromatic rings. The molecule has 0 aliphatic heterocycles. The highest BCUT2D eigenvalue weighted by Crippen LogP contribution is 2.28. The van der Waals surface area contributed by atoms with Gasteiger partial charge in [0.25, 0.3) is 0 Å². The van der Waals surface area contributed by atoms with E-state index >= 15 is 0 Å². The molecule has 0 unspecified atom stereocenters. The van der Waals surface area contributed by atoms with E-state index in [0.29, 0.717) is 5.56 Å². The molecule has 0 bridgehead atoms. The van der Waals surface area contributed by atoms with Crippen molar-refractivity contribution in [1.82, 2.24) is 0 Å². The molecule has 1 aromatic carbocycles. The second-order valence-corrected chi connectivity index (χ2v) is 2.64. The van der Waals surface area contributed by atoms with Gasteiger partial charge in [0.15, 0.2) is 5.82 Å². The lowest BCUT2D eigenvalue weighted by Crippen LogP contribution is -2.00. The van der Waals surface area contributed by atoms with Crippen LogP contribution in [-0.4, -0.2) is 0 Å². The van der Waals surface area contributed by atoms with Crippen LogP contribution in [-0.2, 0) is 0 Å². The zero-order chi connectivity index (χ0) is 9.30. The Morgan fingerprint density at radius 3 is 2.42 bits per heavy atom. The molecule has 0 fully saturated rings. The van der Waals surface area contributed by atoms with Crippen molar-refractivity contribution in [3.8, 4) is 0 Å². The molecule has 0 amide bonds. The van der Waals surface area contributed by atoms with Crippen LogP contribution < -0.4 is 5.34 Å². The molecule has 0 atom stereocenters. The lowest BCUT2D eigenvalue weighted by molar-refractivity contribution is 0.231. The van der Waals surface area contributed by atoms with Gasteiger partial charge in [-0.2, -0.15) is 0 Å². The average Bonchev–Trinajstić information content (AvgIpc) is 2.00. The van der Waals surface area contributed by atoms with Crippen LogP contribution in [0.15, 0.2) is 12.1 Å². The number of benzene rings is 1. The molecule has 12 heavy (non-hydrogen) atoms. The molecule has 5 heteroatoms. The van der Waals surface area contributed by atoms with Crippen molar-refractivity contribution in [2.75, 3.05) is 5.34 Å². The summed E-state index contributed by atoms with van der Waals surface area (Å²) in [5.74, 6) is -1.10. The molecule has 0 aromatic heterocycles. The zero-order valence-electron chi connectivity index (χ0n) is 6.11. The molecule has 0 N–H and O–H groups in total. The van der Waals surface area contributed by atoms with Crippen molar-refractivity contribution in [2.45, 2.75) is 6.92 Å². The van der Waals surface area contributed by atoms with Gasteiger partial charge in [-0.3, -0.25) is 0 Å². The lowest BCUT2D eigenvalue weighted by Gasteiger charge is -2.06. The molecule has 1 rings (SSSR count). The van der Waals surface area contributed by atoms with Crippen molar-refractivity contribution >= 4 is 17.3 Å². The number of rotatable bonds is 1. The van der Waals surface area contributed by atoms with E-state index in [9.17, 15) is 13.4 Å². The first-order valence-corrected chi connectivity index (χ1v) is 3.48. The molecular formula is C7H5ClF3N. The van der Waals surface area contributed by atoms with Gasteiger partial charge in [-0.25, -0.2) is 4.39 Å². The zero-order valence-corrected chi connectivity index (χ0v) is 6.87. The Morgan fingerprint density at radius 1 is 1.33 bits per heavy atom. The summed E-state index contributed by atoms with van der Waals surface area (Å²) in [5, 5.41) is -1.58. The molecule has 0 aliphatic carbocycles. The van der Waals surface area contributed by atoms with Crippen LogP contribution in [0.4, 0.5) is 19.0 Å². The summed E-state index contributed by atoms with van der Waals surface area (Å²) in [7, 11) is 0. The van der Waals surface area contributed by atoms with Crippen molar-refractivity contribution in [3.63, 3.8) is 0 Å². The summed E-state index contributed by atoms with van der Waals surface area (Å²) >= 11 is 5.39. The van der Waals surface area contributed by atoms with Crippen molar-refractivity contribution < 1.29 is 13.4 Å². The maximum absolute atomic E-state index is 12.9. The van der Waals surface area contributed by atoms with Gasteiger partial charge in [0, 0.05) is 0 Å². The summed E-state index contributed by atoms with van der Waals surface area (Å²) in [5.41, 5.74) is -0.384. The van der Waals surface area contributed by atoms with Gasteiger partial charge in [0.05, 0.1) is 5.02 Å². The molecule has 0 saturated carbocycles. The minimum absolute atomic E-state index is 0.271. The fourth-order valence-corrected chi connectivity index (χ4v) is 0.926. The third kappa shape index (κ3) is 1.48. The fraction of sp³-hybridized carbons (Fsp3) is 0.143. The van der Waals surface area contributed by atoms with Gasteiger partial charge in [0.2, 0.25) is 0 Å². The first-order chi connectivity index (χ1) is 5.54. The molecular weight excluding hydrogens is 191 g/mol. The Morgan fingerprint density at radius 2 is 1.92 bits per heavy atom. The Labute approximate surface area is 72.2 Å². The van der Waals surface area contributed by atoms with E-state index < -0.39 is 16.8 Å². The topological polar surface area (TPSA) is 3.24 Å². The minimum atomic E-state index is -1.30. The number of nitrogens with zero attached hydrogens (tertiary/aromatic N) is 1. The standard InChI is InChI=1S/C7H5ClF3N/c1-4-2-3-5(12(10)11)7(9)6(4)8/h2-3H,1H3.